The quantitative estimate of drug-likeness (QED) is 0.820. The number of nitrogens with zero attached hydrogens (tertiary/aromatic N) is 1. The van der Waals surface area contributed by atoms with Crippen LogP contribution >= 0.6 is 0 Å². The lowest BCUT2D eigenvalue weighted by Gasteiger charge is -2.25. The van der Waals surface area contributed by atoms with Gasteiger partial charge in [0.15, 0.2) is 0 Å². The molecule has 1 aliphatic heterocycles. The summed E-state index contributed by atoms with van der Waals surface area (Å²) in [5.74, 6) is -1.02. The van der Waals surface area contributed by atoms with Gasteiger partial charge in [0.25, 0.3) is 0 Å². The van der Waals surface area contributed by atoms with Crippen LogP contribution in [0.3, 0.4) is 0 Å². The smallest absolute Gasteiger partial charge is 0.233 e. The number of imide groups is 1. The maximum absolute atomic E-state index is 12.1. The molecule has 4 nitrogen and oxygen atoms in total. The lowest BCUT2D eigenvalue weighted by molar-refractivity contribution is -0.143. The normalized spacial score (nSPS) is 25.6. The van der Waals surface area contributed by atoms with Crippen LogP contribution in [0.25, 0.3) is 0 Å². The molecule has 0 aliphatic carbocycles. The summed E-state index contributed by atoms with van der Waals surface area (Å²) >= 11 is 0. The van der Waals surface area contributed by atoms with Crippen LogP contribution in [-0.2, 0) is 9.59 Å². The lowest BCUT2D eigenvalue weighted by atomic mass is 10.00. The summed E-state index contributed by atoms with van der Waals surface area (Å²) in [6.07, 6.45) is 0. The van der Waals surface area contributed by atoms with Gasteiger partial charge in [-0.1, -0.05) is 44.2 Å². The van der Waals surface area contributed by atoms with Crippen molar-refractivity contribution in [2.45, 2.75) is 19.9 Å². The van der Waals surface area contributed by atoms with Crippen molar-refractivity contribution in [1.29, 1.82) is 0 Å². The Hall–Kier alpha value is -1.68. The average Bonchev–Trinajstić information content (AvgIpc) is 2.59. The predicted octanol–water partition coefficient (Wildman–Crippen LogP) is 1.36. The Balaban J connectivity index is 2.35. The molecule has 0 saturated carbocycles. The largest absolute Gasteiger partial charge is 0.394 e. The van der Waals surface area contributed by atoms with Gasteiger partial charge in [-0.2, -0.15) is 0 Å². The number of aliphatic hydroxyl groups is 1. The van der Waals surface area contributed by atoms with Gasteiger partial charge in [0.2, 0.25) is 11.8 Å². The molecule has 1 aromatic carbocycles. The monoisotopic (exact) mass is 247 g/mol. The predicted molar refractivity (Wildman–Crippen MR) is 66.4 cm³/mol. The molecule has 3 unspecified atom stereocenters. The van der Waals surface area contributed by atoms with Crippen molar-refractivity contribution in [2.75, 3.05) is 6.61 Å². The Labute approximate surface area is 106 Å². The van der Waals surface area contributed by atoms with Crippen molar-refractivity contribution < 1.29 is 14.7 Å². The van der Waals surface area contributed by atoms with Crippen molar-refractivity contribution in [3.63, 3.8) is 0 Å². The van der Waals surface area contributed by atoms with E-state index in [2.05, 4.69) is 0 Å². The number of carbonyl (C=O) groups excluding carboxylic acids is 2. The van der Waals surface area contributed by atoms with Gasteiger partial charge in [-0.15, -0.1) is 0 Å². The summed E-state index contributed by atoms with van der Waals surface area (Å²) in [6, 6.07) is 8.57. The summed E-state index contributed by atoms with van der Waals surface area (Å²) in [5.41, 5.74) is 0.781. The highest BCUT2D eigenvalue weighted by Crippen LogP contribution is 2.32. The van der Waals surface area contributed by atoms with Crippen LogP contribution in [0.1, 0.15) is 25.5 Å². The van der Waals surface area contributed by atoms with Gasteiger partial charge in [-0.25, -0.2) is 0 Å². The fourth-order valence-electron chi connectivity index (χ4n) is 2.29. The van der Waals surface area contributed by atoms with E-state index in [0.717, 1.165) is 5.56 Å². The number of rotatable bonds is 3. The summed E-state index contributed by atoms with van der Waals surface area (Å²) in [4.78, 5) is 25.4. The van der Waals surface area contributed by atoms with Crippen LogP contribution in [0.15, 0.2) is 30.3 Å². The van der Waals surface area contributed by atoms with E-state index in [1.54, 1.807) is 13.8 Å². The van der Waals surface area contributed by atoms with Gasteiger partial charge >= 0.3 is 0 Å². The number of aliphatic hydroxyl groups excluding tert-OH is 1. The van der Waals surface area contributed by atoms with Gasteiger partial charge in [-0.05, 0) is 5.56 Å². The van der Waals surface area contributed by atoms with E-state index in [0.29, 0.717) is 0 Å². The van der Waals surface area contributed by atoms with Crippen molar-refractivity contribution in [3.8, 4) is 0 Å². The summed E-state index contributed by atoms with van der Waals surface area (Å²) in [7, 11) is 0. The van der Waals surface area contributed by atoms with E-state index in [4.69, 9.17) is 0 Å². The molecule has 0 radical (unpaired) electrons. The third-order valence-electron chi connectivity index (χ3n) is 3.67. The number of amides is 2. The third-order valence-corrected chi connectivity index (χ3v) is 3.67. The molecule has 96 valence electrons. The summed E-state index contributed by atoms with van der Waals surface area (Å²) < 4.78 is 0. The molecule has 1 heterocycles. The highest BCUT2D eigenvalue weighted by Gasteiger charge is 2.45. The number of benzene rings is 1. The summed E-state index contributed by atoms with van der Waals surface area (Å²) in [5, 5.41) is 9.50. The van der Waals surface area contributed by atoms with E-state index >= 15 is 0 Å². The lowest BCUT2D eigenvalue weighted by Crippen LogP contribution is -2.36. The molecule has 0 aromatic heterocycles. The number of likely N-dealkylation sites (tertiary alicyclic amines) is 1. The minimum atomic E-state index is -0.571. The molecular formula is C14H17NO3. The fourth-order valence-corrected chi connectivity index (χ4v) is 2.29. The molecule has 0 spiro atoms. The average molecular weight is 247 g/mol. The van der Waals surface area contributed by atoms with Crippen molar-refractivity contribution in [3.05, 3.63) is 35.9 Å². The zero-order valence-corrected chi connectivity index (χ0v) is 10.5. The maximum Gasteiger partial charge on any atom is 0.233 e. The Kier molecular flexibility index (Phi) is 3.48. The van der Waals surface area contributed by atoms with Gasteiger partial charge in [-0.3, -0.25) is 14.5 Å². The SMILES string of the molecule is CC1C(=O)N(C(CO)c2ccccc2)C(=O)C1C. The van der Waals surface area contributed by atoms with Crippen molar-refractivity contribution in [2.24, 2.45) is 11.8 Å². The molecule has 4 heteroatoms. The van der Waals surface area contributed by atoms with Crippen LogP contribution < -0.4 is 0 Å². The van der Waals surface area contributed by atoms with E-state index in [1.807, 2.05) is 30.3 Å². The number of hydrogen-bond acceptors (Lipinski definition) is 3. The number of hydrogen-bond donors (Lipinski definition) is 1. The highest BCUT2D eigenvalue weighted by molar-refractivity contribution is 6.05. The van der Waals surface area contributed by atoms with Crippen LogP contribution in [0.2, 0.25) is 0 Å². The Bertz CT molecular complexity index is 437. The van der Waals surface area contributed by atoms with E-state index in [1.165, 1.54) is 4.90 Å². The van der Waals surface area contributed by atoms with Gasteiger partial charge in [0.1, 0.15) is 0 Å². The van der Waals surface area contributed by atoms with Crippen LogP contribution in [0.4, 0.5) is 0 Å². The number of carbonyl (C=O) groups is 2. The molecule has 18 heavy (non-hydrogen) atoms. The topological polar surface area (TPSA) is 57.6 Å². The van der Waals surface area contributed by atoms with Crippen LogP contribution in [0.5, 0.6) is 0 Å². The molecule has 2 rings (SSSR count). The van der Waals surface area contributed by atoms with Crippen LogP contribution in [0, 0.1) is 11.8 Å². The second-order valence-electron chi connectivity index (χ2n) is 4.73. The molecule has 1 aromatic rings. The molecule has 2 amide bonds. The molecule has 1 N–H and O–H groups in total. The first-order valence-corrected chi connectivity index (χ1v) is 6.10. The minimum absolute atomic E-state index is 0.199. The molecule has 1 fully saturated rings. The zero-order chi connectivity index (χ0) is 13.3. The third kappa shape index (κ3) is 1.93. The van der Waals surface area contributed by atoms with E-state index in [-0.39, 0.29) is 30.3 Å². The first-order valence-electron chi connectivity index (χ1n) is 6.10. The standard InChI is InChI=1S/C14H17NO3/c1-9-10(2)14(18)15(13(9)17)12(8-16)11-6-4-3-5-7-11/h3-7,9-10,12,16H,8H2,1-2H3. The van der Waals surface area contributed by atoms with Crippen molar-refractivity contribution >= 4 is 11.8 Å². The second-order valence-corrected chi connectivity index (χ2v) is 4.73. The Morgan fingerprint density at radius 3 is 2.06 bits per heavy atom. The first kappa shape index (κ1) is 12.8. The van der Waals surface area contributed by atoms with Crippen molar-refractivity contribution in [1.82, 2.24) is 4.90 Å². The molecule has 3 atom stereocenters. The van der Waals surface area contributed by atoms with Crippen LogP contribution in [-0.4, -0.2) is 28.4 Å². The van der Waals surface area contributed by atoms with Gasteiger partial charge in [0, 0.05) is 11.8 Å². The zero-order valence-electron chi connectivity index (χ0n) is 10.5. The fraction of sp³-hybridized carbons (Fsp3) is 0.429. The molecule has 0 bridgehead atoms. The highest BCUT2D eigenvalue weighted by atomic mass is 16.3. The van der Waals surface area contributed by atoms with E-state index < -0.39 is 6.04 Å². The minimum Gasteiger partial charge on any atom is -0.394 e. The second kappa shape index (κ2) is 4.90. The maximum atomic E-state index is 12.1. The van der Waals surface area contributed by atoms with E-state index in [9.17, 15) is 14.7 Å². The Morgan fingerprint density at radius 1 is 1.11 bits per heavy atom. The van der Waals surface area contributed by atoms with Gasteiger partial charge < -0.3 is 5.11 Å². The molecule has 1 saturated heterocycles. The Morgan fingerprint density at radius 2 is 1.61 bits per heavy atom. The first-order chi connectivity index (χ1) is 8.57. The summed E-state index contributed by atoms with van der Waals surface area (Å²) in [6.45, 7) is 3.26. The molecule has 1 aliphatic rings. The molecular weight excluding hydrogens is 230 g/mol. The van der Waals surface area contributed by atoms with Gasteiger partial charge in [0.05, 0.1) is 12.6 Å².